The van der Waals surface area contributed by atoms with E-state index in [1.54, 1.807) is 17.0 Å². The van der Waals surface area contributed by atoms with Gasteiger partial charge in [-0.15, -0.1) is 0 Å². The Balaban J connectivity index is 1.48. The fourth-order valence-electron chi connectivity index (χ4n) is 3.44. The fourth-order valence-corrected chi connectivity index (χ4v) is 3.54. The van der Waals surface area contributed by atoms with Gasteiger partial charge in [0, 0.05) is 30.2 Å². The van der Waals surface area contributed by atoms with E-state index in [2.05, 4.69) is 5.32 Å². The first-order valence-corrected chi connectivity index (χ1v) is 10.1. The van der Waals surface area contributed by atoms with Crippen molar-refractivity contribution in [1.82, 2.24) is 10.2 Å². The van der Waals surface area contributed by atoms with Gasteiger partial charge in [-0.1, -0.05) is 11.6 Å². The van der Waals surface area contributed by atoms with Gasteiger partial charge in [0.2, 0.25) is 0 Å². The van der Waals surface area contributed by atoms with Crippen LogP contribution in [0.15, 0.2) is 30.3 Å². The molecule has 0 saturated carbocycles. The van der Waals surface area contributed by atoms with Crippen LogP contribution in [0.3, 0.4) is 0 Å². The number of ether oxygens (including phenoxy) is 1. The van der Waals surface area contributed by atoms with Crippen molar-refractivity contribution in [2.45, 2.75) is 32.7 Å². The van der Waals surface area contributed by atoms with Crippen molar-refractivity contribution in [2.75, 3.05) is 19.7 Å². The van der Waals surface area contributed by atoms with Crippen LogP contribution in [0.25, 0.3) is 0 Å². The minimum atomic E-state index is -0.898. The molecule has 0 bridgehead atoms. The molecule has 0 unspecified atom stereocenters. The number of carbonyl (C=O) groups is 2. The van der Waals surface area contributed by atoms with Gasteiger partial charge in [0.05, 0.1) is 5.56 Å². The number of piperidine rings is 1. The van der Waals surface area contributed by atoms with E-state index < -0.39 is 17.5 Å². The van der Waals surface area contributed by atoms with Crippen molar-refractivity contribution in [3.05, 3.63) is 63.7 Å². The summed E-state index contributed by atoms with van der Waals surface area (Å²) in [5.74, 6) is -1.78. The maximum absolute atomic E-state index is 13.7. The van der Waals surface area contributed by atoms with Crippen LogP contribution in [0, 0.1) is 25.5 Å². The van der Waals surface area contributed by atoms with Gasteiger partial charge in [-0.25, -0.2) is 8.78 Å². The van der Waals surface area contributed by atoms with Gasteiger partial charge < -0.3 is 15.0 Å². The standard InChI is InChI=1S/C22H23ClF2N2O3/c1-13-9-17(10-14(2)21(13)23)30-12-20(28)27-7-5-16(6-8-27)26-22(29)18-4-3-15(24)11-19(18)25/h3-4,9-11,16H,5-8,12H2,1-2H3,(H,26,29). The highest BCUT2D eigenvalue weighted by Crippen LogP contribution is 2.26. The molecule has 30 heavy (non-hydrogen) atoms. The molecular formula is C22H23ClF2N2O3. The molecule has 1 saturated heterocycles. The van der Waals surface area contributed by atoms with E-state index in [0.717, 1.165) is 23.3 Å². The van der Waals surface area contributed by atoms with Gasteiger partial charge in [0.25, 0.3) is 11.8 Å². The summed E-state index contributed by atoms with van der Waals surface area (Å²) in [6, 6.07) is 6.24. The number of amides is 2. The molecule has 8 heteroatoms. The predicted molar refractivity (Wildman–Crippen MR) is 110 cm³/mol. The largest absolute Gasteiger partial charge is 0.484 e. The second-order valence-electron chi connectivity index (χ2n) is 7.41. The zero-order valence-electron chi connectivity index (χ0n) is 16.8. The summed E-state index contributed by atoms with van der Waals surface area (Å²) in [5.41, 5.74) is 1.57. The first-order chi connectivity index (χ1) is 14.2. The topological polar surface area (TPSA) is 58.6 Å². The Kier molecular flexibility index (Phi) is 6.92. The highest BCUT2D eigenvalue weighted by Gasteiger charge is 2.25. The molecule has 1 aliphatic heterocycles. The highest BCUT2D eigenvalue weighted by molar-refractivity contribution is 6.32. The monoisotopic (exact) mass is 436 g/mol. The molecule has 1 aliphatic rings. The Morgan fingerprint density at radius 1 is 1.13 bits per heavy atom. The number of hydrogen-bond acceptors (Lipinski definition) is 3. The smallest absolute Gasteiger partial charge is 0.260 e. The number of carbonyl (C=O) groups excluding carboxylic acids is 2. The van der Waals surface area contributed by atoms with Gasteiger partial charge in [-0.05, 0) is 62.1 Å². The van der Waals surface area contributed by atoms with Crippen LogP contribution in [-0.4, -0.2) is 42.5 Å². The molecule has 2 amide bonds. The molecule has 2 aromatic carbocycles. The summed E-state index contributed by atoms with van der Waals surface area (Å²) in [7, 11) is 0. The van der Waals surface area contributed by atoms with Gasteiger partial charge >= 0.3 is 0 Å². The van der Waals surface area contributed by atoms with Crippen molar-refractivity contribution in [2.24, 2.45) is 0 Å². The summed E-state index contributed by atoms with van der Waals surface area (Å²) >= 11 is 6.14. The number of halogens is 3. The predicted octanol–water partition coefficient (Wildman–Crippen LogP) is 4.03. The van der Waals surface area contributed by atoms with E-state index in [0.29, 0.717) is 42.8 Å². The van der Waals surface area contributed by atoms with E-state index in [1.807, 2.05) is 13.8 Å². The second kappa shape index (κ2) is 9.43. The lowest BCUT2D eigenvalue weighted by Crippen LogP contribution is -2.47. The van der Waals surface area contributed by atoms with E-state index >= 15 is 0 Å². The number of nitrogens with zero attached hydrogens (tertiary/aromatic N) is 1. The first-order valence-electron chi connectivity index (χ1n) is 9.68. The zero-order valence-corrected chi connectivity index (χ0v) is 17.6. The minimum absolute atomic E-state index is 0.0850. The van der Waals surface area contributed by atoms with E-state index in [-0.39, 0.29) is 24.1 Å². The Morgan fingerprint density at radius 3 is 2.37 bits per heavy atom. The van der Waals surface area contributed by atoms with Gasteiger partial charge in [0.15, 0.2) is 6.61 Å². The maximum Gasteiger partial charge on any atom is 0.260 e. The number of benzene rings is 2. The van der Waals surface area contributed by atoms with Gasteiger partial charge in [-0.3, -0.25) is 9.59 Å². The Morgan fingerprint density at radius 2 is 1.77 bits per heavy atom. The third kappa shape index (κ3) is 5.27. The lowest BCUT2D eigenvalue weighted by Gasteiger charge is -2.32. The number of rotatable bonds is 5. The molecule has 1 heterocycles. The van der Waals surface area contributed by atoms with Crippen molar-refractivity contribution in [1.29, 1.82) is 0 Å². The molecular weight excluding hydrogens is 414 g/mol. The van der Waals surface area contributed by atoms with Gasteiger partial charge in [0.1, 0.15) is 17.4 Å². The van der Waals surface area contributed by atoms with Crippen molar-refractivity contribution < 1.29 is 23.1 Å². The average molecular weight is 437 g/mol. The van der Waals surface area contributed by atoms with Crippen LogP contribution < -0.4 is 10.1 Å². The van der Waals surface area contributed by atoms with Crippen LogP contribution >= 0.6 is 11.6 Å². The Hall–Kier alpha value is -2.67. The van der Waals surface area contributed by atoms with Crippen molar-refractivity contribution in [3.8, 4) is 5.75 Å². The Labute approximate surface area is 179 Å². The molecule has 0 radical (unpaired) electrons. The van der Waals surface area contributed by atoms with Gasteiger partial charge in [-0.2, -0.15) is 0 Å². The quantitative estimate of drug-likeness (QED) is 0.769. The number of aryl methyl sites for hydroxylation is 2. The normalized spacial score (nSPS) is 14.5. The molecule has 0 spiro atoms. The summed E-state index contributed by atoms with van der Waals surface area (Å²) in [5, 5.41) is 3.43. The molecule has 160 valence electrons. The van der Waals surface area contributed by atoms with E-state index in [9.17, 15) is 18.4 Å². The van der Waals surface area contributed by atoms with Crippen molar-refractivity contribution >= 4 is 23.4 Å². The maximum atomic E-state index is 13.7. The van der Waals surface area contributed by atoms with E-state index in [4.69, 9.17) is 16.3 Å². The van der Waals surface area contributed by atoms with Crippen LogP contribution in [0.5, 0.6) is 5.75 Å². The molecule has 0 aliphatic carbocycles. The molecule has 1 fully saturated rings. The van der Waals surface area contributed by atoms with Crippen LogP contribution in [-0.2, 0) is 4.79 Å². The average Bonchev–Trinajstić information content (AvgIpc) is 2.70. The molecule has 0 atom stereocenters. The first kappa shape index (κ1) is 22.0. The molecule has 1 N–H and O–H groups in total. The second-order valence-corrected chi connectivity index (χ2v) is 7.79. The molecule has 3 rings (SSSR count). The lowest BCUT2D eigenvalue weighted by atomic mass is 10.0. The minimum Gasteiger partial charge on any atom is -0.484 e. The molecule has 2 aromatic rings. The Bertz CT molecular complexity index is 936. The summed E-state index contributed by atoms with van der Waals surface area (Å²) in [6.07, 6.45) is 1.08. The fraction of sp³-hybridized carbons (Fsp3) is 0.364. The third-order valence-corrected chi connectivity index (χ3v) is 5.73. The number of likely N-dealkylation sites (tertiary alicyclic amines) is 1. The third-order valence-electron chi connectivity index (χ3n) is 5.13. The molecule has 5 nitrogen and oxygen atoms in total. The van der Waals surface area contributed by atoms with Crippen LogP contribution in [0.2, 0.25) is 5.02 Å². The van der Waals surface area contributed by atoms with E-state index in [1.165, 1.54) is 0 Å². The summed E-state index contributed by atoms with van der Waals surface area (Å²) < 4.78 is 32.4. The highest BCUT2D eigenvalue weighted by atomic mass is 35.5. The summed E-state index contributed by atoms with van der Waals surface area (Å²) in [6.45, 7) is 4.58. The SMILES string of the molecule is Cc1cc(OCC(=O)N2CCC(NC(=O)c3ccc(F)cc3F)CC2)cc(C)c1Cl. The number of hydrogen-bond donors (Lipinski definition) is 1. The van der Waals surface area contributed by atoms with Crippen molar-refractivity contribution in [3.63, 3.8) is 0 Å². The zero-order chi connectivity index (χ0) is 21.8. The number of nitrogens with one attached hydrogen (secondary N) is 1. The summed E-state index contributed by atoms with van der Waals surface area (Å²) in [4.78, 5) is 26.3. The molecule has 0 aromatic heterocycles. The van der Waals surface area contributed by atoms with Crippen LogP contribution in [0.4, 0.5) is 8.78 Å². The lowest BCUT2D eigenvalue weighted by molar-refractivity contribution is -0.134. The van der Waals surface area contributed by atoms with Crippen LogP contribution in [0.1, 0.15) is 34.3 Å².